The van der Waals surface area contributed by atoms with Crippen molar-refractivity contribution in [1.82, 2.24) is 14.6 Å². The summed E-state index contributed by atoms with van der Waals surface area (Å²) in [7, 11) is 0. The fourth-order valence-corrected chi connectivity index (χ4v) is 4.70. The molecule has 0 saturated carbocycles. The van der Waals surface area contributed by atoms with Gasteiger partial charge in [0.1, 0.15) is 18.9 Å². The van der Waals surface area contributed by atoms with Gasteiger partial charge in [-0.3, -0.25) is 0 Å². The maximum atomic E-state index is 5.52. The van der Waals surface area contributed by atoms with Crippen molar-refractivity contribution >= 4 is 11.5 Å². The molecule has 1 aliphatic rings. The van der Waals surface area contributed by atoms with Gasteiger partial charge in [-0.1, -0.05) is 60.7 Å². The lowest BCUT2D eigenvalue weighted by Gasteiger charge is -2.24. The van der Waals surface area contributed by atoms with E-state index in [4.69, 9.17) is 14.8 Å². The number of nitrogens with zero attached hydrogens (tertiary/aromatic N) is 3. The minimum Gasteiger partial charge on any atom is -0.370 e. The highest BCUT2D eigenvalue weighted by Crippen LogP contribution is 2.31. The number of morpholine rings is 1. The van der Waals surface area contributed by atoms with Crippen LogP contribution >= 0.6 is 0 Å². The van der Waals surface area contributed by atoms with Crippen molar-refractivity contribution in [2.45, 2.75) is 20.3 Å². The Morgan fingerprint density at radius 1 is 0.939 bits per heavy atom. The third-order valence-corrected chi connectivity index (χ3v) is 6.50. The molecule has 1 saturated heterocycles. The van der Waals surface area contributed by atoms with Gasteiger partial charge in [-0.15, -0.1) is 0 Å². The van der Waals surface area contributed by atoms with E-state index in [2.05, 4.69) is 73.8 Å². The maximum absolute atomic E-state index is 5.52. The van der Waals surface area contributed by atoms with E-state index in [9.17, 15) is 0 Å². The van der Waals surface area contributed by atoms with E-state index in [1.807, 2.05) is 10.6 Å². The Kier molecular flexibility index (Phi) is 6.37. The normalized spacial score (nSPS) is 14.6. The molecule has 0 aliphatic carbocycles. The lowest BCUT2D eigenvalue weighted by atomic mass is 10.0. The predicted octanol–water partition coefficient (Wildman–Crippen LogP) is 2.93. The first-order valence-electron chi connectivity index (χ1n) is 11.8. The van der Waals surface area contributed by atoms with Crippen molar-refractivity contribution in [3.63, 3.8) is 0 Å². The van der Waals surface area contributed by atoms with Crippen molar-refractivity contribution in [2.75, 3.05) is 44.7 Å². The summed E-state index contributed by atoms with van der Waals surface area (Å²) in [5.41, 5.74) is 7.68. The summed E-state index contributed by atoms with van der Waals surface area (Å²) < 4.78 is 7.54. The zero-order chi connectivity index (χ0) is 22.6. The average molecular weight is 443 g/mol. The molecule has 0 unspecified atom stereocenters. The predicted molar refractivity (Wildman–Crippen MR) is 132 cm³/mol. The Morgan fingerprint density at radius 3 is 2.36 bits per heavy atom. The largest absolute Gasteiger partial charge is 0.370 e. The minimum absolute atomic E-state index is 0.821. The molecule has 4 aromatic rings. The number of anilines is 1. The van der Waals surface area contributed by atoms with E-state index in [0.29, 0.717) is 0 Å². The molecule has 3 heterocycles. The lowest BCUT2D eigenvalue weighted by molar-refractivity contribution is -0.906. The number of nitrogens with one attached hydrogen (secondary N) is 2. The van der Waals surface area contributed by atoms with Crippen molar-refractivity contribution in [3.8, 4) is 11.1 Å². The summed E-state index contributed by atoms with van der Waals surface area (Å²) in [5.74, 6) is 1.05. The second kappa shape index (κ2) is 9.73. The molecule has 0 amide bonds. The van der Waals surface area contributed by atoms with E-state index in [0.717, 1.165) is 79.8 Å². The molecule has 0 bridgehead atoms. The molecule has 6 nitrogen and oxygen atoms in total. The number of ether oxygens (including phenoxy) is 1. The number of hydrogen-bond acceptors (Lipinski definition) is 4. The van der Waals surface area contributed by atoms with Gasteiger partial charge < -0.3 is 15.0 Å². The molecule has 1 aliphatic heterocycles. The maximum Gasteiger partial charge on any atom is 0.165 e. The first-order chi connectivity index (χ1) is 16.2. The van der Waals surface area contributed by atoms with E-state index >= 15 is 0 Å². The molecule has 170 valence electrons. The summed E-state index contributed by atoms with van der Waals surface area (Å²) in [6, 6.07) is 21.0. The van der Waals surface area contributed by atoms with Crippen LogP contribution in [0.25, 0.3) is 16.8 Å². The van der Waals surface area contributed by atoms with Crippen LogP contribution in [-0.4, -0.2) is 54.0 Å². The SMILES string of the molecule is Cc1nc2c(-c3ccccc3)c(C)nn2c(NCC[NH+]2CCOCC2)c1Cc1ccccc1. The van der Waals surface area contributed by atoms with Gasteiger partial charge in [0.2, 0.25) is 0 Å². The quantitative estimate of drug-likeness (QED) is 0.462. The second-order valence-electron chi connectivity index (χ2n) is 8.79. The van der Waals surface area contributed by atoms with Crippen LogP contribution in [0.15, 0.2) is 60.7 Å². The zero-order valence-corrected chi connectivity index (χ0v) is 19.5. The monoisotopic (exact) mass is 442 g/mol. The van der Waals surface area contributed by atoms with Crippen molar-refractivity contribution in [3.05, 3.63) is 83.2 Å². The zero-order valence-electron chi connectivity index (χ0n) is 19.5. The highest BCUT2D eigenvalue weighted by Gasteiger charge is 2.21. The van der Waals surface area contributed by atoms with Gasteiger partial charge in [0, 0.05) is 23.2 Å². The van der Waals surface area contributed by atoms with E-state index < -0.39 is 0 Å². The molecule has 2 aromatic carbocycles. The van der Waals surface area contributed by atoms with Crippen LogP contribution in [0.5, 0.6) is 0 Å². The Bertz CT molecular complexity index is 1210. The Morgan fingerprint density at radius 2 is 1.64 bits per heavy atom. The van der Waals surface area contributed by atoms with Gasteiger partial charge >= 0.3 is 0 Å². The first kappa shape index (κ1) is 21.6. The molecular weight excluding hydrogens is 410 g/mol. The van der Waals surface area contributed by atoms with Crippen LogP contribution in [0.1, 0.15) is 22.5 Å². The third-order valence-electron chi connectivity index (χ3n) is 6.50. The molecule has 33 heavy (non-hydrogen) atoms. The molecule has 0 atom stereocenters. The molecule has 0 radical (unpaired) electrons. The van der Waals surface area contributed by atoms with Gasteiger partial charge in [-0.25, -0.2) is 4.98 Å². The number of aryl methyl sites for hydroxylation is 2. The fraction of sp³-hybridized carbons (Fsp3) is 0.333. The second-order valence-corrected chi connectivity index (χ2v) is 8.79. The Balaban J connectivity index is 1.55. The van der Waals surface area contributed by atoms with Gasteiger partial charge in [-0.2, -0.15) is 9.61 Å². The van der Waals surface area contributed by atoms with Crippen LogP contribution in [0.2, 0.25) is 0 Å². The average Bonchev–Trinajstić information content (AvgIpc) is 3.18. The van der Waals surface area contributed by atoms with Crippen molar-refractivity contribution in [2.24, 2.45) is 0 Å². The topological polar surface area (TPSA) is 55.9 Å². The van der Waals surface area contributed by atoms with Gasteiger partial charge in [0.15, 0.2) is 5.65 Å². The van der Waals surface area contributed by atoms with Crippen LogP contribution < -0.4 is 10.2 Å². The van der Waals surface area contributed by atoms with E-state index in [1.165, 1.54) is 11.1 Å². The van der Waals surface area contributed by atoms with Gasteiger partial charge in [0.05, 0.1) is 32.0 Å². The van der Waals surface area contributed by atoms with Crippen LogP contribution in [0.3, 0.4) is 0 Å². The summed E-state index contributed by atoms with van der Waals surface area (Å²) in [5, 5.41) is 8.72. The Labute approximate surface area is 195 Å². The van der Waals surface area contributed by atoms with Crippen LogP contribution in [0, 0.1) is 13.8 Å². The summed E-state index contributed by atoms with van der Waals surface area (Å²) in [4.78, 5) is 6.65. The van der Waals surface area contributed by atoms with Crippen LogP contribution in [-0.2, 0) is 11.2 Å². The van der Waals surface area contributed by atoms with Gasteiger partial charge in [-0.05, 0) is 25.0 Å². The van der Waals surface area contributed by atoms with E-state index in [1.54, 1.807) is 4.90 Å². The summed E-state index contributed by atoms with van der Waals surface area (Å²) in [6.45, 7) is 9.99. The van der Waals surface area contributed by atoms with Gasteiger partial charge in [0.25, 0.3) is 0 Å². The minimum atomic E-state index is 0.821. The number of fused-ring (bicyclic) bond motifs is 1. The van der Waals surface area contributed by atoms with Crippen LogP contribution in [0.4, 0.5) is 5.82 Å². The molecule has 0 spiro atoms. The number of benzene rings is 2. The molecule has 1 fully saturated rings. The summed E-state index contributed by atoms with van der Waals surface area (Å²) >= 11 is 0. The number of hydrogen-bond donors (Lipinski definition) is 2. The number of aromatic nitrogens is 3. The highest BCUT2D eigenvalue weighted by atomic mass is 16.5. The Hall–Kier alpha value is -3.22. The molecular formula is C27H32N5O+. The molecule has 6 heteroatoms. The smallest absolute Gasteiger partial charge is 0.165 e. The third kappa shape index (κ3) is 4.63. The standard InChI is InChI=1S/C27H31N5O/c1-20-24(19-22-9-5-3-6-10-22)26(28-13-14-31-15-17-33-18-16-31)32-27(29-20)25(21(2)30-32)23-11-7-4-8-12-23/h3-12,28H,13-19H2,1-2H3/p+1. The summed E-state index contributed by atoms with van der Waals surface area (Å²) in [6.07, 6.45) is 0.821. The first-order valence-corrected chi connectivity index (χ1v) is 11.8. The fourth-order valence-electron chi connectivity index (χ4n) is 4.70. The highest BCUT2D eigenvalue weighted by molar-refractivity contribution is 5.81. The molecule has 2 aromatic heterocycles. The molecule has 5 rings (SSSR count). The lowest BCUT2D eigenvalue weighted by Crippen LogP contribution is -3.14. The number of quaternary nitrogens is 1. The van der Waals surface area contributed by atoms with Crippen molar-refractivity contribution in [1.29, 1.82) is 0 Å². The van der Waals surface area contributed by atoms with E-state index in [-0.39, 0.29) is 0 Å². The molecule has 2 N–H and O–H groups in total. The van der Waals surface area contributed by atoms with Crippen molar-refractivity contribution < 1.29 is 9.64 Å². The number of rotatable bonds is 7.